The molecule has 0 saturated carbocycles. The van der Waals surface area contributed by atoms with Crippen LogP contribution in [0.3, 0.4) is 0 Å². The Labute approximate surface area is 189 Å². The average molecular weight is 456 g/mol. The third-order valence-corrected chi connectivity index (χ3v) is 7.37. The number of nitrogens with zero attached hydrogens (tertiary/aromatic N) is 3. The van der Waals surface area contributed by atoms with E-state index in [0.717, 1.165) is 22.4 Å². The maximum atomic E-state index is 13.2. The summed E-state index contributed by atoms with van der Waals surface area (Å²) in [6, 6.07) is 15.9. The molecule has 0 spiro atoms. The molecule has 0 radical (unpaired) electrons. The number of amides is 2. The monoisotopic (exact) mass is 455 g/mol. The van der Waals surface area contributed by atoms with Gasteiger partial charge in [0.05, 0.1) is 12.3 Å². The van der Waals surface area contributed by atoms with Gasteiger partial charge in [0.1, 0.15) is 12.4 Å². The van der Waals surface area contributed by atoms with Gasteiger partial charge in [-0.2, -0.15) is 4.40 Å². The Morgan fingerprint density at radius 1 is 1.16 bits per heavy atom. The number of hydrogen-bond acceptors (Lipinski definition) is 4. The Kier molecular flexibility index (Phi) is 6.50. The largest absolute Gasteiger partial charge is 0.491 e. The first-order valence-corrected chi connectivity index (χ1v) is 12.6. The number of fused-ring (bicyclic) bond motifs is 5. The zero-order chi connectivity index (χ0) is 22.7. The summed E-state index contributed by atoms with van der Waals surface area (Å²) in [7, 11) is -1.69. The summed E-state index contributed by atoms with van der Waals surface area (Å²) >= 11 is 0. The minimum absolute atomic E-state index is 0.0340. The summed E-state index contributed by atoms with van der Waals surface area (Å²) in [6.07, 6.45) is 2.85. The molecular formula is C24H29N3O4S. The van der Waals surface area contributed by atoms with Gasteiger partial charge in [-0.1, -0.05) is 42.5 Å². The summed E-state index contributed by atoms with van der Waals surface area (Å²) in [5.41, 5.74) is 3.15. The molecule has 32 heavy (non-hydrogen) atoms. The van der Waals surface area contributed by atoms with Crippen LogP contribution in [0.25, 0.3) is 11.1 Å². The highest BCUT2D eigenvalue weighted by Crippen LogP contribution is 2.33. The summed E-state index contributed by atoms with van der Waals surface area (Å²) in [5.74, 6) is 0.638. The van der Waals surface area contributed by atoms with E-state index < -0.39 is 10.0 Å². The normalized spacial score (nSPS) is 21.9. The van der Waals surface area contributed by atoms with E-state index in [2.05, 4.69) is 16.5 Å². The fourth-order valence-corrected chi connectivity index (χ4v) is 4.83. The average Bonchev–Trinajstić information content (AvgIpc) is 3.19. The van der Waals surface area contributed by atoms with Crippen molar-refractivity contribution in [3.05, 3.63) is 54.1 Å². The predicted molar refractivity (Wildman–Crippen MR) is 126 cm³/mol. The van der Waals surface area contributed by atoms with Gasteiger partial charge in [0.15, 0.2) is 0 Å². The number of carbonyl (C=O) groups is 1. The maximum absolute atomic E-state index is 13.2. The van der Waals surface area contributed by atoms with Crippen LogP contribution < -0.4 is 4.74 Å². The number of urea groups is 1. The molecule has 2 aliphatic heterocycles. The van der Waals surface area contributed by atoms with Crippen molar-refractivity contribution in [2.24, 2.45) is 10.3 Å². The first kappa shape index (κ1) is 22.3. The number of hydrogen-bond donors (Lipinski definition) is 0. The predicted octanol–water partition coefficient (Wildman–Crippen LogP) is 3.45. The molecule has 2 aromatic rings. The SMILES string of the molecule is CCS(=O)(=O)N=CC1CCN2C(=O)N(C)CCOc3ccccc3-c3cccc(c3)C[C@@H]12. The van der Waals surface area contributed by atoms with Crippen molar-refractivity contribution in [1.29, 1.82) is 0 Å². The van der Waals surface area contributed by atoms with Crippen LogP contribution in [0.1, 0.15) is 18.9 Å². The van der Waals surface area contributed by atoms with Crippen molar-refractivity contribution in [2.45, 2.75) is 25.8 Å². The lowest BCUT2D eigenvalue weighted by molar-refractivity contribution is 0.147. The maximum Gasteiger partial charge on any atom is 0.320 e. The highest BCUT2D eigenvalue weighted by Gasteiger charge is 2.37. The van der Waals surface area contributed by atoms with Crippen LogP contribution in [0, 0.1) is 5.92 Å². The van der Waals surface area contributed by atoms with Gasteiger partial charge in [0.2, 0.25) is 0 Å². The minimum Gasteiger partial charge on any atom is -0.491 e. The van der Waals surface area contributed by atoms with Gasteiger partial charge in [-0.15, -0.1) is 0 Å². The zero-order valence-corrected chi connectivity index (χ0v) is 19.3. The Balaban J connectivity index is 1.73. The van der Waals surface area contributed by atoms with Crippen molar-refractivity contribution >= 4 is 22.3 Å². The quantitative estimate of drug-likeness (QED) is 0.664. The van der Waals surface area contributed by atoms with Crippen molar-refractivity contribution in [3.8, 4) is 16.9 Å². The van der Waals surface area contributed by atoms with Crippen molar-refractivity contribution in [3.63, 3.8) is 0 Å². The molecule has 2 atom stereocenters. The number of para-hydroxylation sites is 1. The number of sulfonamides is 1. The second-order valence-electron chi connectivity index (χ2n) is 8.29. The molecule has 170 valence electrons. The summed E-state index contributed by atoms with van der Waals surface area (Å²) in [6.45, 7) is 2.99. The van der Waals surface area contributed by atoms with Gasteiger partial charge in [-0.3, -0.25) is 0 Å². The number of ether oxygens (including phenoxy) is 1. The van der Waals surface area contributed by atoms with Gasteiger partial charge in [0, 0.05) is 37.3 Å². The van der Waals surface area contributed by atoms with E-state index in [-0.39, 0.29) is 23.7 Å². The second kappa shape index (κ2) is 9.32. The van der Waals surface area contributed by atoms with Gasteiger partial charge >= 0.3 is 6.03 Å². The molecule has 2 aromatic carbocycles. The first-order valence-electron chi connectivity index (χ1n) is 11.0. The second-order valence-corrected chi connectivity index (χ2v) is 10.2. The molecular weight excluding hydrogens is 426 g/mol. The highest BCUT2D eigenvalue weighted by atomic mass is 32.2. The lowest BCUT2D eigenvalue weighted by Crippen LogP contribution is -2.47. The molecule has 1 unspecified atom stereocenters. The van der Waals surface area contributed by atoms with Gasteiger partial charge in [0.25, 0.3) is 10.0 Å². The van der Waals surface area contributed by atoms with Crippen LogP contribution in [0.4, 0.5) is 4.79 Å². The van der Waals surface area contributed by atoms with Gasteiger partial charge in [-0.25, -0.2) is 13.2 Å². The lowest BCUT2D eigenvalue weighted by Gasteiger charge is -2.31. The number of rotatable bonds is 3. The van der Waals surface area contributed by atoms with Crippen molar-refractivity contribution in [1.82, 2.24) is 9.80 Å². The fraction of sp³-hybridized carbons (Fsp3) is 0.417. The van der Waals surface area contributed by atoms with Crippen LogP contribution in [0.15, 0.2) is 52.9 Å². The number of carbonyl (C=O) groups excluding carboxylic acids is 1. The van der Waals surface area contributed by atoms with E-state index in [0.29, 0.717) is 32.5 Å². The summed E-state index contributed by atoms with van der Waals surface area (Å²) < 4.78 is 33.8. The van der Waals surface area contributed by atoms with Gasteiger partial charge in [-0.05, 0) is 37.0 Å². The molecule has 8 heteroatoms. The van der Waals surface area contributed by atoms with E-state index in [1.165, 1.54) is 6.21 Å². The number of benzene rings is 2. The summed E-state index contributed by atoms with van der Waals surface area (Å²) in [5, 5.41) is 0. The van der Waals surface area contributed by atoms with E-state index >= 15 is 0 Å². The van der Waals surface area contributed by atoms with Crippen molar-refractivity contribution < 1.29 is 17.9 Å². The highest BCUT2D eigenvalue weighted by molar-refractivity contribution is 7.90. The van der Waals surface area contributed by atoms with Crippen LogP contribution >= 0.6 is 0 Å². The molecule has 2 aliphatic rings. The van der Waals surface area contributed by atoms with E-state index in [1.807, 2.05) is 41.3 Å². The molecule has 7 nitrogen and oxygen atoms in total. The third kappa shape index (κ3) is 4.80. The van der Waals surface area contributed by atoms with E-state index in [4.69, 9.17) is 4.74 Å². The topological polar surface area (TPSA) is 79.3 Å². The van der Waals surface area contributed by atoms with Crippen LogP contribution in [0.2, 0.25) is 0 Å². The Morgan fingerprint density at radius 3 is 2.78 bits per heavy atom. The first-order chi connectivity index (χ1) is 15.4. The smallest absolute Gasteiger partial charge is 0.320 e. The third-order valence-electron chi connectivity index (χ3n) is 6.20. The Hall–Kier alpha value is -2.87. The van der Waals surface area contributed by atoms with Gasteiger partial charge < -0.3 is 14.5 Å². The number of likely N-dealkylation sites (N-methyl/N-ethyl adjacent to an activating group) is 1. The zero-order valence-electron chi connectivity index (χ0n) is 18.5. The minimum atomic E-state index is -3.46. The molecule has 0 aromatic heterocycles. The molecule has 4 rings (SSSR count). The molecule has 2 bridgehead atoms. The Morgan fingerprint density at radius 2 is 1.97 bits per heavy atom. The molecule has 2 heterocycles. The molecule has 1 saturated heterocycles. The van der Waals surface area contributed by atoms with E-state index in [1.54, 1.807) is 18.9 Å². The molecule has 2 amide bonds. The van der Waals surface area contributed by atoms with E-state index in [9.17, 15) is 13.2 Å². The van der Waals surface area contributed by atoms with Crippen molar-refractivity contribution in [2.75, 3.05) is 32.5 Å². The molecule has 1 fully saturated rings. The van der Waals surface area contributed by atoms with Crippen LogP contribution in [-0.2, 0) is 16.4 Å². The lowest BCUT2D eigenvalue weighted by atomic mass is 9.93. The Bertz CT molecular complexity index is 1120. The molecule has 0 aliphatic carbocycles. The molecule has 0 N–H and O–H groups in total. The standard InChI is InChI=1S/C24H29N3O4S/c1-3-32(29,30)25-17-20-11-12-27-22(20)16-18-7-6-8-19(15-18)21-9-4-5-10-23(21)31-14-13-26(2)24(27)28/h4-10,15,17,20,22H,3,11-14,16H2,1-2H3/t20?,22-/m0/s1. The fourth-order valence-electron chi connectivity index (χ4n) is 4.34. The van der Waals surface area contributed by atoms with Crippen LogP contribution in [-0.4, -0.2) is 69.0 Å². The van der Waals surface area contributed by atoms with Crippen LogP contribution in [0.5, 0.6) is 5.75 Å². The summed E-state index contributed by atoms with van der Waals surface area (Å²) in [4.78, 5) is 16.8.